The number of pyridine rings is 2. The molecular formula is C12H14Cl3N6NaO. The summed E-state index contributed by atoms with van der Waals surface area (Å²) in [6.45, 7) is 0. The van der Waals surface area contributed by atoms with Crippen molar-refractivity contribution in [3.8, 4) is 0 Å². The molecule has 0 spiro atoms. The van der Waals surface area contributed by atoms with Gasteiger partial charge in [-0.25, -0.2) is 9.97 Å². The van der Waals surface area contributed by atoms with Gasteiger partial charge in [0.2, 0.25) is 0 Å². The van der Waals surface area contributed by atoms with Gasteiger partial charge >= 0.3 is 29.6 Å². The molecule has 0 saturated heterocycles. The Morgan fingerprint density at radius 2 is 1.13 bits per heavy atom. The van der Waals surface area contributed by atoms with Gasteiger partial charge in [0.15, 0.2) is 0 Å². The third-order valence-corrected chi connectivity index (χ3v) is 2.52. The minimum Gasteiger partial charge on any atom is -0.870 e. The molecule has 11 heteroatoms. The van der Waals surface area contributed by atoms with Crippen LogP contribution in [0.1, 0.15) is 11.1 Å². The second-order valence-corrected chi connectivity index (χ2v) is 4.34. The molecule has 0 fully saturated rings. The van der Waals surface area contributed by atoms with Crippen LogP contribution in [0.5, 0.6) is 0 Å². The summed E-state index contributed by atoms with van der Waals surface area (Å²) in [5, 5.41) is 14.8. The summed E-state index contributed by atoms with van der Waals surface area (Å²) in [5.74, 6) is 0.00772. The SMILES string of the molecule is Cl.N=C(N)c1ccc(Cl)nc1.N=C(N)c1ccc(Cl)nc1.[Na+].[OH-]. The van der Waals surface area contributed by atoms with Gasteiger partial charge in [-0.3, -0.25) is 10.8 Å². The Labute approximate surface area is 171 Å². The normalized spacial score (nSPS) is 8.09. The molecule has 2 aromatic rings. The van der Waals surface area contributed by atoms with Crippen molar-refractivity contribution in [2.24, 2.45) is 11.5 Å². The molecule has 0 saturated carbocycles. The first-order chi connectivity index (χ1) is 9.40. The maximum atomic E-state index is 7.00. The van der Waals surface area contributed by atoms with Crippen LogP contribution < -0.4 is 41.0 Å². The third-order valence-electron chi connectivity index (χ3n) is 2.08. The molecule has 23 heavy (non-hydrogen) atoms. The second-order valence-electron chi connectivity index (χ2n) is 3.57. The van der Waals surface area contributed by atoms with Crippen molar-refractivity contribution in [3.63, 3.8) is 0 Å². The molecule has 0 aliphatic rings. The molecule has 0 aromatic carbocycles. The van der Waals surface area contributed by atoms with Gasteiger partial charge in [0.1, 0.15) is 22.0 Å². The van der Waals surface area contributed by atoms with E-state index in [1.165, 1.54) is 12.4 Å². The first kappa shape index (κ1) is 26.9. The summed E-state index contributed by atoms with van der Waals surface area (Å²) >= 11 is 11.0. The van der Waals surface area contributed by atoms with Crippen LogP contribution in [0.15, 0.2) is 36.7 Å². The number of halogens is 3. The van der Waals surface area contributed by atoms with E-state index in [1.54, 1.807) is 24.3 Å². The molecule has 0 aliphatic heterocycles. The van der Waals surface area contributed by atoms with Crippen molar-refractivity contribution < 1.29 is 35.0 Å². The second kappa shape index (κ2) is 13.5. The van der Waals surface area contributed by atoms with Crippen LogP contribution in [0.25, 0.3) is 0 Å². The summed E-state index contributed by atoms with van der Waals surface area (Å²) in [7, 11) is 0. The van der Waals surface area contributed by atoms with Crippen molar-refractivity contribution in [2.45, 2.75) is 0 Å². The average Bonchev–Trinajstić information content (AvgIpc) is 2.40. The van der Waals surface area contributed by atoms with Gasteiger partial charge in [-0.15, -0.1) is 12.4 Å². The van der Waals surface area contributed by atoms with E-state index in [4.69, 9.17) is 45.5 Å². The van der Waals surface area contributed by atoms with E-state index in [2.05, 4.69) is 9.97 Å². The molecule has 2 rings (SSSR count). The number of nitrogen functional groups attached to an aromatic ring is 2. The van der Waals surface area contributed by atoms with E-state index in [-0.39, 0.29) is 59.1 Å². The van der Waals surface area contributed by atoms with Gasteiger partial charge in [-0.05, 0) is 24.3 Å². The van der Waals surface area contributed by atoms with E-state index in [0.29, 0.717) is 21.4 Å². The van der Waals surface area contributed by atoms with Crippen LogP contribution in [-0.4, -0.2) is 27.1 Å². The quantitative estimate of drug-likeness (QED) is 0.232. The van der Waals surface area contributed by atoms with E-state index in [1.807, 2.05) is 0 Å². The molecule has 7 N–H and O–H groups in total. The zero-order valence-corrected chi connectivity index (χ0v) is 16.5. The van der Waals surface area contributed by atoms with Crippen molar-refractivity contribution in [3.05, 3.63) is 58.1 Å². The van der Waals surface area contributed by atoms with Crippen LogP contribution in [0.3, 0.4) is 0 Å². The van der Waals surface area contributed by atoms with E-state index < -0.39 is 0 Å². The molecule has 0 atom stereocenters. The number of rotatable bonds is 2. The first-order valence-corrected chi connectivity index (χ1v) is 6.07. The number of hydrogen-bond acceptors (Lipinski definition) is 5. The standard InChI is InChI=1S/2C6H6ClN3.ClH.Na.H2O/c2*7-5-2-1-4(3-10-5)6(8)9;;;/h2*1-3H,(H3,8,9);1H;;1H2/q;;;+1;/p-1. The van der Waals surface area contributed by atoms with Crippen LogP contribution in [0.2, 0.25) is 10.3 Å². The number of nitrogens with two attached hydrogens (primary N) is 2. The number of hydrogen-bond donors (Lipinski definition) is 4. The monoisotopic (exact) mass is 386 g/mol. The number of nitrogens with one attached hydrogen (secondary N) is 2. The molecule has 0 radical (unpaired) electrons. The Morgan fingerprint density at radius 3 is 1.30 bits per heavy atom. The van der Waals surface area contributed by atoms with Gasteiger partial charge in [0, 0.05) is 23.5 Å². The van der Waals surface area contributed by atoms with Gasteiger partial charge in [0.05, 0.1) is 0 Å². The Hall–Kier alpha value is -0.930. The van der Waals surface area contributed by atoms with Crippen molar-refractivity contribution in [2.75, 3.05) is 0 Å². The van der Waals surface area contributed by atoms with E-state index >= 15 is 0 Å². The van der Waals surface area contributed by atoms with E-state index in [9.17, 15) is 0 Å². The molecule has 0 unspecified atom stereocenters. The van der Waals surface area contributed by atoms with E-state index in [0.717, 1.165) is 0 Å². The predicted octanol–water partition coefficient (Wildman–Crippen LogP) is -0.713. The fraction of sp³-hybridized carbons (Fsp3) is 0. The van der Waals surface area contributed by atoms with Gasteiger partial charge < -0.3 is 16.9 Å². The predicted molar refractivity (Wildman–Crippen MR) is 89.7 cm³/mol. The Kier molecular flexibility index (Phi) is 15.8. The van der Waals surface area contributed by atoms with Gasteiger partial charge in [0.25, 0.3) is 0 Å². The minimum absolute atomic E-state index is 0. The molecule has 2 aromatic heterocycles. The summed E-state index contributed by atoms with van der Waals surface area (Å²) < 4.78 is 0. The molecule has 0 bridgehead atoms. The third kappa shape index (κ3) is 10.5. The summed E-state index contributed by atoms with van der Waals surface area (Å²) in [5.41, 5.74) is 11.5. The van der Waals surface area contributed by atoms with Crippen LogP contribution >= 0.6 is 35.6 Å². The zero-order chi connectivity index (χ0) is 15.1. The Balaban J connectivity index is -0.000000308. The van der Waals surface area contributed by atoms with Crippen molar-refractivity contribution >= 4 is 47.3 Å². The molecule has 120 valence electrons. The zero-order valence-electron chi connectivity index (χ0n) is 12.1. The number of aromatic nitrogens is 2. The topological polar surface area (TPSA) is 156 Å². The maximum absolute atomic E-state index is 7.00. The summed E-state index contributed by atoms with van der Waals surface area (Å²) in [6.07, 6.45) is 2.93. The van der Waals surface area contributed by atoms with Crippen LogP contribution in [-0.2, 0) is 0 Å². The summed E-state index contributed by atoms with van der Waals surface area (Å²) in [4.78, 5) is 7.49. The fourth-order valence-electron chi connectivity index (χ4n) is 1.07. The van der Waals surface area contributed by atoms with Crippen LogP contribution in [0, 0.1) is 10.8 Å². The van der Waals surface area contributed by atoms with Gasteiger partial charge in [-0.1, -0.05) is 23.2 Å². The van der Waals surface area contributed by atoms with Gasteiger partial charge in [-0.2, -0.15) is 0 Å². The number of amidine groups is 2. The molecule has 0 aliphatic carbocycles. The Morgan fingerprint density at radius 1 is 0.826 bits per heavy atom. The molecule has 2 heterocycles. The van der Waals surface area contributed by atoms with Crippen molar-refractivity contribution in [1.82, 2.24) is 9.97 Å². The van der Waals surface area contributed by atoms with Crippen molar-refractivity contribution in [1.29, 1.82) is 10.8 Å². The average molecular weight is 388 g/mol. The molecule has 7 nitrogen and oxygen atoms in total. The summed E-state index contributed by atoms with van der Waals surface area (Å²) in [6, 6.07) is 6.49. The number of nitrogens with zero attached hydrogens (tertiary/aromatic N) is 2. The maximum Gasteiger partial charge on any atom is 1.00 e. The molecule has 0 amide bonds. The largest absolute Gasteiger partial charge is 1.00 e. The van der Waals surface area contributed by atoms with Crippen LogP contribution in [0.4, 0.5) is 0 Å². The smallest absolute Gasteiger partial charge is 0.870 e. The minimum atomic E-state index is 0. The fourth-order valence-corrected chi connectivity index (χ4v) is 1.29. The molecular weight excluding hydrogens is 374 g/mol. The Bertz CT molecular complexity index is 554. The first-order valence-electron chi connectivity index (χ1n) is 5.32.